The molecule has 0 amide bonds. The number of aryl methyl sites for hydroxylation is 1. The van der Waals surface area contributed by atoms with Crippen LogP contribution in [0.25, 0.3) is 5.69 Å². The van der Waals surface area contributed by atoms with E-state index >= 15 is 0 Å². The first kappa shape index (κ1) is 16.9. The maximum Gasteiger partial charge on any atom is 0.357 e. The van der Waals surface area contributed by atoms with Crippen LogP contribution in [-0.2, 0) is 4.74 Å². The largest absolute Gasteiger partial charge is 0.464 e. The van der Waals surface area contributed by atoms with Crippen LogP contribution in [0.1, 0.15) is 40.9 Å². The molecule has 0 radical (unpaired) electrons. The Morgan fingerprint density at radius 1 is 1.24 bits per heavy atom. The Hall–Kier alpha value is -2.94. The molecule has 2 heterocycles. The second-order valence-corrected chi connectivity index (χ2v) is 6.32. The molecule has 130 valence electrons. The van der Waals surface area contributed by atoms with Crippen LogP contribution in [0.15, 0.2) is 24.4 Å². The summed E-state index contributed by atoms with van der Waals surface area (Å²) in [7, 11) is 1.31. The summed E-state index contributed by atoms with van der Waals surface area (Å²) in [4.78, 5) is 14.6. The normalized spacial score (nSPS) is 14.2. The molecule has 6 heteroatoms. The highest BCUT2D eigenvalue weighted by molar-refractivity contribution is 5.96. The van der Waals surface area contributed by atoms with E-state index in [1.54, 1.807) is 10.8 Å². The van der Waals surface area contributed by atoms with Gasteiger partial charge in [0.2, 0.25) is 0 Å². The maximum atomic E-state index is 12.3. The molecule has 1 aliphatic heterocycles. The maximum absolute atomic E-state index is 12.3. The van der Waals surface area contributed by atoms with Crippen LogP contribution in [0.5, 0.6) is 0 Å². The zero-order valence-electron chi connectivity index (χ0n) is 14.6. The first-order chi connectivity index (χ1) is 12.1. The zero-order valence-corrected chi connectivity index (χ0v) is 14.6. The van der Waals surface area contributed by atoms with Gasteiger partial charge in [0.25, 0.3) is 0 Å². The van der Waals surface area contributed by atoms with Gasteiger partial charge >= 0.3 is 5.97 Å². The van der Waals surface area contributed by atoms with E-state index in [4.69, 9.17) is 10.5 Å². The summed E-state index contributed by atoms with van der Waals surface area (Å²) in [6.07, 6.45) is 5.15. The molecule has 1 fully saturated rings. The van der Waals surface area contributed by atoms with Crippen LogP contribution in [0.2, 0.25) is 0 Å². The molecule has 1 aliphatic rings. The van der Waals surface area contributed by atoms with E-state index in [1.807, 2.05) is 13.0 Å². The molecule has 0 spiro atoms. The van der Waals surface area contributed by atoms with Crippen molar-refractivity contribution in [2.75, 3.05) is 30.8 Å². The highest BCUT2D eigenvalue weighted by atomic mass is 16.5. The number of nitrogens with two attached hydrogens (primary N) is 1. The predicted molar refractivity (Wildman–Crippen MR) is 97.0 cm³/mol. The van der Waals surface area contributed by atoms with Crippen molar-refractivity contribution in [1.82, 2.24) is 4.57 Å². The quantitative estimate of drug-likeness (QED) is 0.870. The van der Waals surface area contributed by atoms with Crippen molar-refractivity contribution in [2.45, 2.75) is 26.2 Å². The molecular weight excluding hydrogens is 316 g/mol. The van der Waals surface area contributed by atoms with Crippen molar-refractivity contribution in [2.24, 2.45) is 0 Å². The van der Waals surface area contributed by atoms with Crippen molar-refractivity contribution in [3.05, 3.63) is 41.2 Å². The van der Waals surface area contributed by atoms with Crippen molar-refractivity contribution >= 4 is 17.3 Å². The van der Waals surface area contributed by atoms with Gasteiger partial charge in [-0.25, -0.2) is 4.79 Å². The third-order valence-electron chi connectivity index (χ3n) is 4.63. The molecule has 2 N–H and O–H groups in total. The van der Waals surface area contributed by atoms with Gasteiger partial charge in [-0.05, 0) is 43.9 Å². The molecule has 0 saturated carbocycles. The summed E-state index contributed by atoms with van der Waals surface area (Å²) >= 11 is 0. The highest BCUT2D eigenvalue weighted by Crippen LogP contribution is 2.32. The first-order valence-electron chi connectivity index (χ1n) is 8.42. The Kier molecular flexibility index (Phi) is 4.66. The number of nitrogens with zero attached hydrogens (tertiary/aromatic N) is 3. The third-order valence-corrected chi connectivity index (χ3v) is 4.63. The molecular formula is C19H22N4O2. The van der Waals surface area contributed by atoms with E-state index in [9.17, 15) is 10.1 Å². The number of carbonyl (C=O) groups is 1. The fourth-order valence-electron chi connectivity index (χ4n) is 3.33. The average Bonchev–Trinajstić information content (AvgIpc) is 2.98. The first-order valence-corrected chi connectivity index (χ1v) is 8.42. The lowest BCUT2D eigenvalue weighted by molar-refractivity contribution is 0.0593. The van der Waals surface area contributed by atoms with E-state index in [0.717, 1.165) is 42.9 Å². The lowest BCUT2D eigenvalue weighted by Crippen LogP contribution is -2.30. The number of esters is 1. The SMILES string of the molecule is COC(=O)c1c(N)c(C#N)cn1-c1cc(C)ccc1N1CCCCC1. The predicted octanol–water partition coefficient (Wildman–Crippen LogP) is 3.02. The molecule has 6 nitrogen and oxygen atoms in total. The summed E-state index contributed by atoms with van der Waals surface area (Å²) in [5.41, 5.74) is 9.60. The van der Waals surface area contributed by atoms with Gasteiger partial charge in [-0.1, -0.05) is 6.07 Å². The second kappa shape index (κ2) is 6.89. The van der Waals surface area contributed by atoms with E-state index in [-0.39, 0.29) is 16.9 Å². The number of aromatic nitrogens is 1. The van der Waals surface area contributed by atoms with Gasteiger partial charge in [-0.3, -0.25) is 0 Å². The Morgan fingerprint density at radius 3 is 2.60 bits per heavy atom. The summed E-state index contributed by atoms with van der Waals surface area (Å²) in [6.45, 7) is 3.95. The molecule has 2 aromatic rings. The van der Waals surface area contributed by atoms with Gasteiger partial charge in [0, 0.05) is 19.3 Å². The van der Waals surface area contributed by atoms with E-state index in [2.05, 4.69) is 23.1 Å². The topological polar surface area (TPSA) is 84.3 Å². The van der Waals surface area contributed by atoms with Crippen LogP contribution in [0.4, 0.5) is 11.4 Å². The molecule has 3 rings (SSSR count). The molecule has 1 aromatic heterocycles. The molecule has 25 heavy (non-hydrogen) atoms. The van der Waals surface area contributed by atoms with Gasteiger partial charge in [0.15, 0.2) is 5.69 Å². The number of nitriles is 1. The van der Waals surface area contributed by atoms with Crippen LogP contribution >= 0.6 is 0 Å². The van der Waals surface area contributed by atoms with E-state index in [0.29, 0.717) is 0 Å². The average molecular weight is 338 g/mol. The Bertz CT molecular complexity index is 842. The van der Waals surface area contributed by atoms with E-state index in [1.165, 1.54) is 13.5 Å². The van der Waals surface area contributed by atoms with E-state index < -0.39 is 5.97 Å². The zero-order chi connectivity index (χ0) is 18.0. The summed E-state index contributed by atoms with van der Waals surface area (Å²) in [6, 6.07) is 8.19. The van der Waals surface area contributed by atoms with Gasteiger partial charge in [-0.15, -0.1) is 0 Å². The minimum atomic E-state index is -0.551. The number of methoxy groups -OCH3 is 1. The number of hydrogen-bond donors (Lipinski definition) is 1. The third kappa shape index (κ3) is 3.05. The smallest absolute Gasteiger partial charge is 0.357 e. The van der Waals surface area contributed by atoms with Crippen LogP contribution in [-0.4, -0.2) is 30.7 Å². The fraction of sp³-hybridized carbons (Fsp3) is 0.368. The Morgan fingerprint density at radius 2 is 1.96 bits per heavy atom. The highest BCUT2D eigenvalue weighted by Gasteiger charge is 2.24. The number of anilines is 2. The van der Waals surface area contributed by atoms with Crippen LogP contribution < -0.4 is 10.6 Å². The molecule has 0 aliphatic carbocycles. The van der Waals surface area contributed by atoms with Crippen LogP contribution in [0, 0.1) is 18.3 Å². The van der Waals surface area contributed by atoms with Gasteiger partial charge < -0.3 is 19.9 Å². The molecule has 1 aromatic carbocycles. The molecule has 0 unspecified atom stereocenters. The van der Waals surface area contributed by atoms with Crippen molar-refractivity contribution < 1.29 is 9.53 Å². The lowest BCUT2D eigenvalue weighted by Gasteiger charge is -2.31. The number of rotatable bonds is 3. The number of ether oxygens (including phenoxy) is 1. The summed E-state index contributed by atoms with van der Waals surface area (Å²) < 4.78 is 6.58. The minimum Gasteiger partial charge on any atom is -0.464 e. The molecule has 0 atom stereocenters. The van der Waals surface area contributed by atoms with Gasteiger partial charge in [0.1, 0.15) is 6.07 Å². The fourth-order valence-corrected chi connectivity index (χ4v) is 3.33. The monoisotopic (exact) mass is 338 g/mol. The number of benzene rings is 1. The molecule has 0 bridgehead atoms. The van der Waals surface area contributed by atoms with Crippen molar-refractivity contribution in [3.63, 3.8) is 0 Å². The van der Waals surface area contributed by atoms with Crippen LogP contribution in [0.3, 0.4) is 0 Å². The number of piperidine rings is 1. The van der Waals surface area contributed by atoms with Gasteiger partial charge in [-0.2, -0.15) is 5.26 Å². The summed E-state index contributed by atoms with van der Waals surface area (Å²) in [5, 5.41) is 9.32. The summed E-state index contributed by atoms with van der Waals surface area (Å²) in [5.74, 6) is -0.551. The Labute approximate surface area is 147 Å². The minimum absolute atomic E-state index is 0.153. The second-order valence-electron chi connectivity index (χ2n) is 6.32. The number of hydrogen-bond acceptors (Lipinski definition) is 5. The Balaban J connectivity index is 2.21. The standard InChI is InChI=1S/C19H22N4O2/c1-13-6-7-15(22-8-4-3-5-9-22)16(10-13)23-12-14(11-20)17(21)18(23)19(24)25-2/h6-7,10,12H,3-5,8-9,21H2,1-2H3. The lowest BCUT2D eigenvalue weighted by atomic mass is 10.1. The number of nitrogen functional groups attached to an aromatic ring is 1. The number of carbonyl (C=O) groups excluding carboxylic acids is 1. The van der Waals surface area contributed by atoms with Gasteiger partial charge in [0.05, 0.1) is 29.7 Å². The van der Waals surface area contributed by atoms with Crippen molar-refractivity contribution in [1.29, 1.82) is 5.26 Å². The molecule has 1 saturated heterocycles. The van der Waals surface area contributed by atoms with Crippen molar-refractivity contribution in [3.8, 4) is 11.8 Å².